The summed E-state index contributed by atoms with van der Waals surface area (Å²) in [5.74, 6) is 0.821. The van der Waals surface area contributed by atoms with Crippen molar-refractivity contribution in [1.29, 1.82) is 0 Å². The molecule has 0 saturated heterocycles. The summed E-state index contributed by atoms with van der Waals surface area (Å²) in [4.78, 5) is 8.78. The maximum atomic E-state index is 10.2. The molecule has 0 bridgehead atoms. The number of hydrogen-bond acceptors (Lipinski definition) is 5. The normalized spacial score (nSPS) is 12.7. The zero-order valence-electron chi connectivity index (χ0n) is 11.7. The van der Waals surface area contributed by atoms with Gasteiger partial charge in [0.25, 0.3) is 0 Å². The molecule has 5 heteroatoms. The van der Waals surface area contributed by atoms with E-state index in [4.69, 9.17) is 5.73 Å². The Balaban J connectivity index is 2.43. The SMILES string of the molecule is CC(C)(O)C(C)(C)Nc1nc2ccccc2nc1N. The first kappa shape index (κ1) is 13.5. The zero-order valence-corrected chi connectivity index (χ0v) is 11.7. The number of nitrogens with zero attached hydrogens (tertiary/aromatic N) is 2. The minimum atomic E-state index is -0.924. The molecule has 1 aromatic carbocycles. The highest BCUT2D eigenvalue weighted by molar-refractivity contribution is 5.79. The fourth-order valence-corrected chi connectivity index (χ4v) is 1.55. The minimum Gasteiger partial charge on any atom is -0.388 e. The Morgan fingerprint density at radius 1 is 1.05 bits per heavy atom. The molecular formula is C14H20N4O. The van der Waals surface area contributed by atoms with Crippen LogP contribution >= 0.6 is 0 Å². The lowest BCUT2D eigenvalue weighted by Crippen LogP contribution is -2.51. The van der Waals surface area contributed by atoms with E-state index >= 15 is 0 Å². The van der Waals surface area contributed by atoms with Crippen molar-refractivity contribution in [3.63, 3.8) is 0 Å². The second kappa shape index (κ2) is 4.35. The van der Waals surface area contributed by atoms with Gasteiger partial charge in [-0.3, -0.25) is 0 Å². The third-order valence-electron chi connectivity index (χ3n) is 3.56. The van der Waals surface area contributed by atoms with Gasteiger partial charge in [-0.25, -0.2) is 9.97 Å². The van der Waals surface area contributed by atoms with Gasteiger partial charge in [-0.1, -0.05) is 12.1 Å². The molecule has 0 fully saturated rings. The lowest BCUT2D eigenvalue weighted by atomic mass is 9.86. The summed E-state index contributed by atoms with van der Waals surface area (Å²) < 4.78 is 0. The van der Waals surface area contributed by atoms with Gasteiger partial charge in [-0.15, -0.1) is 0 Å². The van der Waals surface area contributed by atoms with Crippen molar-refractivity contribution in [3.8, 4) is 0 Å². The van der Waals surface area contributed by atoms with Crippen LogP contribution in [0.3, 0.4) is 0 Å². The van der Waals surface area contributed by atoms with Gasteiger partial charge in [-0.2, -0.15) is 0 Å². The summed E-state index contributed by atoms with van der Waals surface area (Å²) >= 11 is 0. The van der Waals surface area contributed by atoms with Gasteiger partial charge in [-0.05, 0) is 39.8 Å². The smallest absolute Gasteiger partial charge is 0.170 e. The number of benzene rings is 1. The molecule has 4 N–H and O–H groups in total. The van der Waals surface area contributed by atoms with Crippen LogP contribution in [-0.2, 0) is 0 Å². The molecule has 0 saturated carbocycles. The largest absolute Gasteiger partial charge is 0.388 e. The van der Waals surface area contributed by atoms with E-state index in [2.05, 4.69) is 15.3 Å². The number of aliphatic hydroxyl groups is 1. The van der Waals surface area contributed by atoms with Crippen LogP contribution in [0.15, 0.2) is 24.3 Å². The van der Waals surface area contributed by atoms with Gasteiger partial charge in [0.05, 0.1) is 22.2 Å². The number of nitrogen functional groups attached to an aromatic ring is 1. The molecule has 1 heterocycles. The molecule has 1 aromatic heterocycles. The number of aromatic nitrogens is 2. The summed E-state index contributed by atoms with van der Waals surface area (Å²) in [5, 5.41) is 13.3. The van der Waals surface area contributed by atoms with E-state index in [1.54, 1.807) is 13.8 Å². The van der Waals surface area contributed by atoms with E-state index in [1.165, 1.54) is 0 Å². The molecule has 0 unspecified atom stereocenters. The molecule has 5 nitrogen and oxygen atoms in total. The molecule has 2 rings (SSSR count). The third-order valence-corrected chi connectivity index (χ3v) is 3.56. The number of hydrogen-bond donors (Lipinski definition) is 3. The summed E-state index contributed by atoms with van der Waals surface area (Å²) in [6, 6.07) is 7.54. The van der Waals surface area contributed by atoms with Gasteiger partial charge >= 0.3 is 0 Å². The average Bonchev–Trinajstić information content (AvgIpc) is 2.28. The predicted octanol–water partition coefficient (Wildman–Crippen LogP) is 2.17. The number of para-hydroxylation sites is 2. The highest BCUT2D eigenvalue weighted by atomic mass is 16.3. The molecule has 2 aromatic rings. The highest BCUT2D eigenvalue weighted by Gasteiger charge is 2.35. The second-order valence-electron chi connectivity index (χ2n) is 5.76. The van der Waals surface area contributed by atoms with Crippen LogP contribution in [0, 0.1) is 0 Å². The van der Waals surface area contributed by atoms with Crippen molar-refractivity contribution in [1.82, 2.24) is 9.97 Å². The van der Waals surface area contributed by atoms with E-state index in [0.29, 0.717) is 11.6 Å². The summed E-state index contributed by atoms with van der Waals surface area (Å²) in [6.45, 7) is 7.27. The lowest BCUT2D eigenvalue weighted by molar-refractivity contribution is 0.0239. The fraction of sp³-hybridized carbons (Fsp3) is 0.429. The van der Waals surface area contributed by atoms with Crippen molar-refractivity contribution in [2.45, 2.75) is 38.8 Å². The lowest BCUT2D eigenvalue weighted by Gasteiger charge is -2.38. The van der Waals surface area contributed by atoms with E-state index in [-0.39, 0.29) is 0 Å². The molecule has 0 radical (unpaired) electrons. The van der Waals surface area contributed by atoms with Crippen LogP contribution in [0.25, 0.3) is 11.0 Å². The molecule has 0 aliphatic rings. The van der Waals surface area contributed by atoms with E-state index in [9.17, 15) is 5.11 Å². The molecule has 19 heavy (non-hydrogen) atoms. The number of nitrogens with one attached hydrogen (secondary N) is 1. The average molecular weight is 260 g/mol. The standard InChI is InChI=1S/C14H20N4O/c1-13(2,14(3,4)19)18-12-11(15)16-9-7-5-6-8-10(9)17-12/h5-8,19H,1-4H3,(H2,15,16)(H,17,18). The van der Waals surface area contributed by atoms with Crippen LogP contribution in [0.1, 0.15) is 27.7 Å². The Labute approximate surface area is 112 Å². The maximum Gasteiger partial charge on any atom is 0.170 e. The number of anilines is 2. The Morgan fingerprint density at radius 2 is 1.58 bits per heavy atom. The molecule has 0 spiro atoms. The molecule has 0 amide bonds. The van der Waals surface area contributed by atoms with Gasteiger partial charge in [0.15, 0.2) is 11.6 Å². The number of nitrogens with two attached hydrogens (primary N) is 1. The van der Waals surface area contributed by atoms with Crippen molar-refractivity contribution in [3.05, 3.63) is 24.3 Å². The highest BCUT2D eigenvalue weighted by Crippen LogP contribution is 2.28. The Kier molecular flexibility index (Phi) is 3.10. The van der Waals surface area contributed by atoms with Crippen LogP contribution < -0.4 is 11.1 Å². The molecular weight excluding hydrogens is 240 g/mol. The van der Waals surface area contributed by atoms with Gasteiger partial charge in [0.1, 0.15) is 0 Å². The maximum absolute atomic E-state index is 10.2. The topological polar surface area (TPSA) is 84.1 Å². The number of rotatable bonds is 3. The van der Waals surface area contributed by atoms with Gasteiger partial charge in [0, 0.05) is 0 Å². The monoisotopic (exact) mass is 260 g/mol. The molecule has 0 aliphatic heterocycles. The molecule has 102 valence electrons. The summed E-state index contributed by atoms with van der Waals surface area (Å²) in [6.07, 6.45) is 0. The third kappa shape index (κ3) is 2.61. The van der Waals surface area contributed by atoms with Crippen molar-refractivity contribution in [2.24, 2.45) is 0 Å². The molecule has 0 aliphatic carbocycles. The number of fused-ring (bicyclic) bond motifs is 1. The van der Waals surface area contributed by atoms with Crippen LogP contribution in [0.2, 0.25) is 0 Å². The van der Waals surface area contributed by atoms with Crippen LogP contribution in [-0.4, -0.2) is 26.2 Å². The summed E-state index contributed by atoms with van der Waals surface area (Å²) in [5.41, 5.74) is 5.94. The van der Waals surface area contributed by atoms with Gasteiger partial charge in [0.2, 0.25) is 0 Å². The van der Waals surface area contributed by atoms with Crippen molar-refractivity contribution < 1.29 is 5.11 Å². The Morgan fingerprint density at radius 3 is 2.11 bits per heavy atom. The van der Waals surface area contributed by atoms with Crippen molar-refractivity contribution in [2.75, 3.05) is 11.1 Å². The summed E-state index contributed by atoms with van der Waals surface area (Å²) in [7, 11) is 0. The predicted molar refractivity (Wildman–Crippen MR) is 77.9 cm³/mol. The van der Waals surface area contributed by atoms with E-state index in [0.717, 1.165) is 11.0 Å². The first-order chi connectivity index (χ1) is 8.71. The molecule has 0 atom stereocenters. The van der Waals surface area contributed by atoms with Gasteiger partial charge < -0.3 is 16.2 Å². The van der Waals surface area contributed by atoms with Crippen LogP contribution in [0.5, 0.6) is 0 Å². The quantitative estimate of drug-likeness (QED) is 0.787. The zero-order chi connectivity index (χ0) is 14.3. The minimum absolute atomic E-state index is 0.330. The van der Waals surface area contributed by atoms with Crippen LogP contribution in [0.4, 0.5) is 11.6 Å². The van der Waals surface area contributed by atoms with E-state index in [1.807, 2.05) is 38.1 Å². The fourth-order valence-electron chi connectivity index (χ4n) is 1.55. The first-order valence-corrected chi connectivity index (χ1v) is 6.23. The Bertz CT molecular complexity index is 602. The van der Waals surface area contributed by atoms with Crippen molar-refractivity contribution >= 4 is 22.7 Å². The first-order valence-electron chi connectivity index (χ1n) is 6.23. The van der Waals surface area contributed by atoms with E-state index < -0.39 is 11.1 Å². The Hall–Kier alpha value is -1.88. The second-order valence-corrected chi connectivity index (χ2v) is 5.76.